The van der Waals surface area contributed by atoms with Crippen molar-refractivity contribution in [2.75, 3.05) is 32.2 Å². The lowest BCUT2D eigenvalue weighted by atomic mass is 9.97. The number of rotatable bonds is 6. The highest BCUT2D eigenvalue weighted by Crippen LogP contribution is 2.25. The normalized spacial score (nSPS) is 16.9. The summed E-state index contributed by atoms with van der Waals surface area (Å²) in [6.45, 7) is 3.42. The van der Waals surface area contributed by atoms with E-state index >= 15 is 0 Å². The Kier molecular flexibility index (Phi) is 5.49. The summed E-state index contributed by atoms with van der Waals surface area (Å²) in [6.07, 6.45) is 2.18. The van der Waals surface area contributed by atoms with Crippen molar-refractivity contribution in [3.8, 4) is 0 Å². The third-order valence-corrected chi connectivity index (χ3v) is 3.96. The van der Waals surface area contributed by atoms with Gasteiger partial charge in [-0.3, -0.25) is 20.9 Å². The van der Waals surface area contributed by atoms with Gasteiger partial charge in [-0.25, -0.2) is 0 Å². The minimum atomic E-state index is -0.380. The number of non-ortho nitro benzene ring substituents is 1. The molecule has 0 unspecified atom stereocenters. The third-order valence-electron chi connectivity index (χ3n) is 3.96. The van der Waals surface area contributed by atoms with Gasteiger partial charge in [0.05, 0.1) is 10.6 Å². The molecule has 116 valence electrons. The zero-order valence-electron chi connectivity index (χ0n) is 12.2. The van der Waals surface area contributed by atoms with Crippen LogP contribution in [0.2, 0.25) is 0 Å². The number of nitrogen functional groups attached to an aromatic ring is 1. The summed E-state index contributed by atoms with van der Waals surface area (Å²) < 4.78 is 5.19. The molecule has 1 fully saturated rings. The van der Waals surface area contributed by atoms with Gasteiger partial charge in [0, 0.05) is 32.4 Å². The van der Waals surface area contributed by atoms with Crippen LogP contribution < -0.4 is 11.3 Å². The molecular weight excluding hydrogens is 272 g/mol. The molecule has 0 amide bonds. The molecule has 3 N–H and O–H groups in total. The van der Waals surface area contributed by atoms with Gasteiger partial charge in [0.1, 0.15) is 0 Å². The number of nitrogens with zero attached hydrogens (tertiary/aromatic N) is 2. The van der Waals surface area contributed by atoms with Crippen LogP contribution in [0.4, 0.5) is 11.4 Å². The van der Waals surface area contributed by atoms with E-state index < -0.39 is 0 Å². The summed E-state index contributed by atoms with van der Waals surface area (Å²) in [5.41, 5.74) is 4.30. The summed E-state index contributed by atoms with van der Waals surface area (Å²) in [6, 6.07) is 4.71. The van der Waals surface area contributed by atoms with Crippen LogP contribution in [0.25, 0.3) is 0 Å². The monoisotopic (exact) mass is 294 g/mol. The van der Waals surface area contributed by atoms with Gasteiger partial charge in [0.25, 0.3) is 5.69 Å². The molecule has 7 heteroatoms. The van der Waals surface area contributed by atoms with Crippen molar-refractivity contribution in [3.05, 3.63) is 33.9 Å². The van der Waals surface area contributed by atoms with Crippen molar-refractivity contribution >= 4 is 11.4 Å². The van der Waals surface area contributed by atoms with Gasteiger partial charge in [-0.1, -0.05) is 0 Å². The van der Waals surface area contributed by atoms with Crippen LogP contribution in [0.3, 0.4) is 0 Å². The van der Waals surface area contributed by atoms with E-state index in [0.29, 0.717) is 12.5 Å². The molecule has 0 spiro atoms. The van der Waals surface area contributed by atoms with E-state index in [1.807, 2.05) is 0 Å². The maximum atomic E-state index is 10.9. The molecule has 1 aliphatic heterocycles. The molecule has 0 radical (unpaired) electrons. The summed E-state index contributed by atoms with van der Waals surface area (Å²) >= 11 is 0. The first-order valence-corrected chi connectivity index (χ1v) is 7.09. The van der Waals surface area contributed by atoms with Gasteiger partial charge in [-0.15, -0.1) is 0 Å². The largest absolute Gasteiger partial charge is 0.384 e. The molecule has 1 aromatic rings. The molecule has 1 aromatic carbocycles. The highest BCUT2D eigenvalue weighted by Gasteiger charge is 2.20. The quantitative estimate of drug-likeness (QED) is 0.471. The second-order valence-corrected chi connectivity index (χ2v) is 5.42. The van der Waals surface area contributed by atoms with Crippen LogP contribution in [0.5, 0.6) is 0 Å². The smallest absolute Gasteiger partial charge is 0.269 e. The van der Waals surface area contributed by atoms with Crippen LogP contribution in [0.1, 0.15) is 18.4 Å². The van der Waals surface area contributed by atoms with Gasteiger partial charge in [-0.05, 0) is 43.5 Å². The first kappa shape index (κ1) is 15.7. The Bertz CT molecular complexity index is 487. The van der Waals surface area contributed by atoms with Crippen molar-refractivity contribution in [1.82, 2.24) is 4.90 Å². The summed E-state index contributed by atoms with van der Waals surface area (Å²) in [5.74, 6) is 6.10. The maximum Gasteiger partial charge on any atom is 0.269 e. The predicted octanol–water partition coefficient (Wildman–Crippen LogP) is 1.74. The van der Waals surface area contributed by atoms with Crippen LogP contribution in [0, 0.1) is 16.0 Å². The van der Waals surface area contributed by atoms with Crippen molar-refractivity contribution in [3.63, 3.8) is 0 Å². The summed E-state index contributed by atoms with van der Waals surface area (Å²) in [7, 11) is 1.73. The maximum absolute atomic E-state index is 10.9. The molecule has 1 aliphatic rings. The van der Waals surface area contributed by atoms with Crippen LogP contribution >= 0.6 is 0 Å². The summed E-state index contributed by atoms with van der Waals surface area (Å²) in [4.78, 5) is 12.8. The Labute approximate surface area is 124 Å². The van der Waals surface area contributed by atoms with E-state index in [-0.39, 0.29) is 10.6 Å². The van der Waals surface area contributed by atoms with Gasteiger partial charge in [0.2, 0.25) is 0 Å². The minimum absolute atomic E-state index is 0.0956. The lowest BCUT2D eigenvalue weighted by Gasteiger charge is -2.31. The number of hydrazine groups is 1. The molecule has 1 heterocycles. The number of methoxy groups -OCH3 is 1. The van der Waals surface area contributed by atoms with E-state index in [1.165, 1.54) is 6.07 Å². The highest BCUT2D eigenvalue weighted by molar-refractivity contribution is 5.55. The molecule has 0 aliphatic carbocycles. The number of nitrogens with two attached hydrogens (primary N) is 1. The highest BCUT2D eigenvalue weighted by atomic mass is 16.6. The average molecular weight is 294 g/mol. The number of nitrogens with one attached hydrogen (secondary N) is 1. The number of anilines is 1. The van der Waals surface area contributed by atoms with Crippen molar-refractivity contribution in [2.24, 2.45) is 11.8 Å². The van der Waals surface area contributed by atoms with E-state index in [1.54, 1.807) is 19.2 Å². The Morgan fingerprint density at radius 3 is 2.76 bits per heavy atom. The molecule has 0 bridgehead atoms. The van der Waals surface area contributed by atoms with Crippen LogP contribution in [-0.2, 0) is 11.3 Å². The van der Waals surface area contributed by atoms with E-state index in [9.17, 15) is 10.1 Å². The summed E-state index contributed by atoms with van der Waals surface area (Å²) in [5, 5.41) is 10.9. The lowest BCUT2D eigenvalue weighted by Crippen LogP contribution is -2.34. The first-order chi connectivity index (χ1) is 10.1. The number of benzene rings is 1. The number of hydrogen-bond donors (Lipinski definition) is 2. The predicted molar refractivity (Wildman–Crippen MR) is 80.8 cm³/mol. The van der Waals surface area contributed by atoms with Crippen molar-refractivity contribution < 1.29 is 9.66 Å². The Hall–Kier alpha value is -1.70. The SMILES string of the molecule is COCC1CCN(Cc2cc([N+](=O)[O-])ccc2NN)CC1. The number of hydrogen-bond acceptors (Lipinski definition) is 6. The third kappa shape index (κ3) is 4.13. The second-order valence-electron chi connectivity index (χ2n) is 5.42. The van der Waals surface area contributed by atoms with E-state index in [0.717, 1.165) is 43.8 Å². The van der Waals surface area contributed by atoms with Gasteiger partial charge in [0.15, 0.2) is 0 Å². The molecule has 0 saturated carbocycles. The number of ether oxygens (including phenoxy) is 1. The second kappa shape index (κ2) is 7.35. The van der Waals surface area contributed by atoms with Gasteiger partial charge >= 0.3 is 0 Å². The fourth-order valence-electron chi connectivity index (χ4n) is 2.75. The van der Waals surface area contributed by atoms with E-state index in [2.05, 4.69) is 10.3 Å². The van der Waals surface area contributed by atoms with Crippen LogP contribution in [-0.4, -0.2) is 36.6 Å². The number of nitro benzene ring substituents is 1. The standard InChI is InChI=1S/C14H22N4O3/c1-21-10-11-4-6-17(7-5-11)9-12-8-13(18(19)20)2-3-14(12)16-15/h2-3,8,11,16H,4-7,9-10,15H2,1H3. The number of piperidine rings is 1. The molecule has 0 aromatic heterocycles. The zero-order chi connectivity index (χ0) is 15.2. The van der Waals surface area contributed by atoms with Gasteiger partial charge in [-0.2, -0.15) is 0 Å². The Morgan fingerprint density at radius 2 is 2.19 bits per heavy atom. The fourth-order valence-corrected chi connectivity index (χ4v) is 2.75. The molecule has 0 atom stereocenters. The lowest BCUT2D eigenvalue weighted by molar-refractivity contribution is -0.384. The van der Waals surface area contributed by atoms with Gasteiger partial charge < -0.3 is 10.2 Å². The Balaban J connectivity index is 2.02. The average Bonchev–Trinajstić information content (AvgIpc) is 2.49. The number of likely N-dealkylation sites (tertiary alicyclic amines) is 1. The first-order valence-electron chi connectivity index (χ1n) is 7.09. The van der Waals surface area contributed by atoms with E-state index in [4.69, 9.17) is 10.6 Å². The molecule has 21 heavy (non-hydrogen) atoms. The molecule has 2 rings (SSSR count). The Morgan fingerprint density at radius 1 is 1.48 bits per heavy atom. The molecule has 7 nitrogen and oxygen atoms in total. The topological polar surface area (TPSA) is 93.7 Å². The van der Waals surface area contributed by atoms with Crippen molar-refractivity contribution in [1.29, 1.82) is 0 Å². The molecular formula is C14H22N4O3. The fraction of sp³-hybridized carbons (Fsp3) is 0.571. The molecule has 1 saturated heterocycles. The zero-order valence-corrected chi connectivity index (χ0v) is 12.2. The van der Waals surface area contributed by atoms with Crippen LogP contribution in [0.15, 0.2) is 18.2 Å². The number of nitro groups is 1. The van der Waals surface area contributed by atoms with Crippen molar-refractivity contribution in [2.45, 2.75) is 19.4 Å². The minimum Gasteiger partial charge on any atom is -0.384 e.